The van der Waals surface area contributed by atoms with Crippen molar-refractivity contribution in [2.24, 2.45) is 5.92 Å². The zero-order valence-electron chi connectivity index (χ0n) is 14.1. The molecule has 2 rings (SSSR count). The number of benzene rings is 1. The van der Waals surface area contributed by atoms with Gasteiger partial charge in [0.1, 0.15) is 0 Å². The van der Waals surface area contributed by atoms with Gasteiger partial charge >= 0.3 is 0 Å². The molecule has 4 nitrogen and oxygen atoms in total. The van der Waals surface area contributed by atoms with E-state index in [9.17, 15) is 4.79 Å². The second kappa shape index (κ2) is 8.30. The molecule has 4 heteroatoms. The van der Waals surface area contributed by atoms with Crippen molar-refractivity contribution in [3.8, 4) is 0 Å². The van der Waals surface area contributed by atoms with E-state index >= 15 is 0 Å². The van der Waals surface area contributed by atoms with E-state index in [-0.39, 0.29) is 11.9 Å². The molecule has 1 aliphatic rings. The fourth-order valence-electron chi connectivity index (χ4n) is 2.96. The Morgan fingerprint density at radius 2 is 1.64 bits per heavy atom. The van der Waals surface area contributed by atoms with Crippen LogP contribution in [0.15, 0.2) is 30.3 Å². The van der Waals surface area contributed by atoms with Crippen molar-refractivity contribution < 1.29 is 4.79 Å². The van der Waals surface area contributed by atoms with E-state index in [0.29, 0.717) is 12.5 Å². The van der Waals surface area contributed by atoms with Gasteiger partial charge in [0.15, 0.2) is 0 Å². The highest BCUT2D eigenvalue weighted by Crippen LogP contribution is 2.11. The molecule has 0 radical (unpaired) electrons. The second-order valence-corrected chi connectivity index (χ2v) is 6.67. The normalized spacial score (nSPS) is 18.4. The smallest absolute Gasteiger partial charge is 0.234 e. The van der Waals surface area contributed by atoms with E-state index in [1.54, 1.807) is 0 Å². The Bertz CT molecular complexity index is 453. The van der Waals surface area contributed by atoms with Crippen LogP contribution in [0, 0.1) is 5.92 Å². The fraction of sp³-hybridized carbons (Fsp3) is 0.611. The minimum atomic E-state index is 0.0657. The molecule has 1 aromatic rings. The van der Waals surface area contributed by atoms with E-state index in [1.165, 1.54) is 0 Å². The summed E-state index contributed by atoms with van der Waals surface area (Å²) in [5.74, 6) is 0.829. The average molecular weight is 303 g/mol. The predicted molar refractivity (Wildman–Crippen MR) is 90.7 cm³/mol. The number of piperazine rings is 1. The van der Waals surface area contributed by atoms with Crippen molar-refractivity contribution in [1.29, 1.82) is 0 Å². The van der Waals surface area contributed by atoms with Crippen molar-refractivity contribution in [3.63, 3.8) is 0 Å². The molecular weight excluding hydrogens is 274 g/mol. The fourth-order valence-corrected chi connectivity index (χ4v) is 2.96. The van der Waals surface area contributed by atoms with Gasteiger partial charge in [-0.3, -0.25) is 9.69 Å². The lowest BCUT2D eigenvalue weighted by molar-refractivity contribution is -0.123. The first kappa shape index (κ1) is 17.0. The molecule has 1 aliphatic heterocycles. The van der Waals surface area contributed by atoms with Gasteiger partial charge in [0.05, 0.1) is 12.6 Å². The maximum atomic E-state index is 12.2. The Labute approximate surface area is 134 Å². The summed E-state index contributed by atoms with van der Waals surface area (Å²) in [6.45, 7) is 12.3. The third kappa shape index (κ3) is 5.43. The number of carbonyl (C=O) groups excluding carboxylic acids is 1. The van der Waals surface area contributed by atoms with Crippen LogP contribution in [0.1, 0.15) is 32.4 Å². The third-order valence-corrected chi connectivity index (χ3v) is 4.13. The molecule has 0 spiro atoms. The van der Waals surface area contributed by atoms with Crippen LogP contribution in [-0.4, -0.2) is 55.0 Å². The first-order valence-corrected chi connectivity index (χ1v) is 8.33. The standard InChI is InChI=1S/C18H29N3O/c1-15(2)13-20-9-11-21(12-10-20)14-18(22)19-16(3)17-7-5-4-6-8-17/h4-8,15-16H,9-14H2,1-3H3,(H,19,22). The van der Waals surface area contributed by atoms with E-state index < -0.39 is 0 Å². The van der Waals surface area contributed by atoms with Crippen molar-refractivity contribution in [2.75, 3.05) is 39.3 Å². The lowest BCUT2D eigenvalue weighted by Crippen LogP contribution is -2.50. The molecule has 22 heavy (non-hydrogen) atoms. The Morgan fingerprint density at radius 1 is 1.05 bits per heavy atom. The van der Waals surface area contributed by atoms with Crippen molar-refractivity contribution in [2.45, 2.75) is 26.8 Å². The number of nitrogens with one attached hydrogen (secondary N) is 1. The van der Waals surface area contributed by atoms with E-state index in [4.69, 9.17) is 0 Å². The second-order valence-electron chi connectivity index (χ2n) is 6.67. The highest BCUT2D eigenvalue weighted by molar-refractivity contribution is 5.78. The van der Waals surface area contributed by atoms with E-state index in [0.717, 1.165) is 38.3 Å². The minimum Gasteiger partial charge on any atom is -0.348 e. The molecule has 1 aromatic carbocycles. The molecule has 0 saturated carbocycles. The number of nitrogens with zero attached hydrogens (tertiary/aromatic N) is 2. The van der Waals surface area contributed by atoms with E-state index in [1.807, 2.05) is 25.1 Å². The summed E-state index contributed by atoms with van der Waals surface area (Å²) in [5.41, 5.74) is 1.15. The molecule has 0 aromatic heterocycles. The van der Waals surface area contributed by atoms with Crippen molar-refractivity contribution in [1.82, 2.24) is 15.1 Å². The zero-order chi connectivity index (χ0) is 15.9. The van der Waals surface area contributed by atoms with Crippen molar-refractivity contribution >= 4 is 5.91 Å². The monoisotopic (exact) mass is 303 g/mol. The lowest BCUT2D eigenvalue weighted by Gasteiger charge is -2.35. The van der Waals surface area contributed by atoms with Gasteiger partial charge in [-0.05, 0) is 18.4 Å². The Morgan fingerprint density at radius 3 is 2.23 bits per heavy atom. The van der Waals surface area contributed by atoms with Crippen LogP contribution in [0.5, 0.6) is 0 Å². The summed E-state index contributed by atoms with van der Waals surface area (Å²) in [6, 6.07) is 10.2. The van der Waals surface area contributed by atoms with Gasteiger partial charge in [0.2, 0.25) is 5.91 Å². The highest BCUT2D eigenvalue weighted by Gasteiger charge is 2.20. The lowest BCUT2D eigenvalue weighted by atomic mass is 10.1. The molecule has 0 aliphatic carbocycles. The number of hydrogen-bond donors (Lipinski definition) is 1. The number of hydrogen-bond acceptors (Lipinski definition) is 3. The first-order valence-electron chi connectivity index (χ1n) is 8.33. The molecule has 1 N–H and O–H groups in total. The Hall–Kier alpha value is -1.39. The SMILES string of the molecule is CC(C)CN1CCN(CC(=O)NC(C)c2ccccc2)CC1. The highest BCUT2D eigenvalue weighted by atomic mass is 16.2. The van der Waals surface area contributed by atoms with Crippen LogP contribution < -0.4 is 5.32 Å². The molecular formula is C18H29N3O. The van der Waals surface area contributed by atoms with E-state index in [2.05, 4.69) is 41.1 Å². The van der Waals surface area contributed by atoms with Crippen LogP contribution in [-0.2, 0) is 4.79 Å². The molecule has 1 amide bonds. The van der Waals surface area contributed by atoms with Gasteiger partial charge in [-0.2, -0.15) is 0 Å². The summed E-state index contributed by atoms with van der Waals surface area (Å²) in [6.07, 6.45) is 0. The van der Waals surface area contributed by atoms with Gasteiger partial charge in [-0.25, -0.2) is 0 Å². The third-order valence-electron chi connectivity index (χ3n) is 4.13. The summed E-state index contributed by atoms with van der Waals surface area (Å²) in [7, 11) is 0. The maximum Gasteiger partial charge on any atom is 0.234 e. The Balaban J connectivity index is 1.72. The predicted octanol–water partition coefficient (Wildman–Crippen LogP) is 2.14. The summed E-state index contributed by atoms with van der Waals surface area (Å²) in [5, 5.41) is 3.09. The van der Waals surface area contributed by atoms with Crippen molar-refractivity contribution in [3.05, 3.63) is 35.9 Å². The average Bonchev–Trinajstić information content (AvgIpc) is 2.49. The summed E-state index contributed by atoms with van der Waals surface area (Å²) < 4.78 is 0. The summed E-state index contributed by atoms with van der Waals surface area (Å²) >= 11 is 0. The molecule has 0 bridgehead atoms. The number of carbonyl (C=O) groups is 1. The summed E-state index contributed by atoms with van der Waals surface area (Å²) in [4.78, 5) is 16.9. The number of rotatable bonds is 6. The van der Waals surface area contributed by atoms with Crippen LogP contribution in [0.3, 0.4) is 0 Å². The molecule has 1 heterocycles. The molecule has 1 unspecified atom stereocenters. The van der Waals surface area contributed by atoms with Gasteiger partial charge in [0, 0.05) is 32.7 Å². The quantitative estimate of drug-likeness (QED) is 0.874. The molecule has 122 valence electrons. The first-order chi connectivity index (χ1) is 10.5. The van der Waals surface area contributed by atoms with Gasteiger partial charge < -0.3 is 10.2 Å². The minimum absolute atomic E-state index is 0.0657. The maximum absolute atomic E-state index is 12.2. The molecule has 1 fully saturated rings. The Kier molecular flexibility index (Phi) is 6.40. The van der Waals surface area contributed by atoms with Gasteiger partial charge in [-0.1, -0.05) is 44.2 Å². The van der Waals surface area contributed by atoms with Crippen LogP contribution >= 0.6 is 0 Å². The van der Waals surface area contributed by atoms with Crippen LogP contribution in [0.25, 0.3) is 0 Å². The molecule has 1 saturated heterocycles. The van der Waals surface area contributed by atoms with Gasteiger partial charge in [0.25, 0.3) is 0 Å². The topological polar surface area (TPSA) is 35.6 Å². The van der Waals surface area contributed by atoms with Gasteiger partial charge in [-0.15, -0.1) is 0 Å². The largest absolute Gasteiger partial charge is 0.348 e. The van der Waals surface area contributed by atoms with Crippen LogP contribution in [0.4, 0.5) is 0 Å². The molecule has 1 atom stereocenters. The van der Waals surface area contributed by atoms with Crippen LogP contribution in [0.2, 0.25) is 0 Å². The number of amides is 1. The zero-order valence-corrected chi connectivity index (χ0v) is 14.1.